The molecule has 0 saturated carbocycles. The predicted molar refractivity (Wildman–Crippen MR) is 338 cm³/mol. The Morgan fingerprint density at radius 3 is 1.03 bits per heavy atom. The molecule has 0 fully saturated rings. The van der Waals surface area contributed by atoms with E-state index in [9.17, 15) is 19.8 Å². The molecule has 0 aliphatic rings. The summed E-state index contributed by atoms with van der Waals surface area (Å²) in [5, 5.41) is 23.4. The van der Waals surface area contributed by atoms with Crippen LogP contribution < -0.4 is 5.32 Å². The molecule has 77 heavy (non-hydrogen) atoms. The first-order chi connectivity index (χ1) is 38.0. The Morgan fingerprint density at radius 2 is 0.649 bits per heavy atom. The van der Waals surface area contributed by atoms with Gasteiger partial charge in [0.25, 0.3) is 0 Å². The normalized spacial score (nSPS) is 12.7. The van der Waals surface area contributed by atoms with Crippen molar-refractivity contribution in [1.29, 1.82) is 0 Å². The van der Waals surface area contributed by atoms with Gasteiger partial charge in [-0.15, -0.1) is 0 Å². The number of ether oxygens (including phenoxy) is 1. The van der Waals surface area contributed by atoms with E-state index in [1.165, 1.54) is 295 Å². The molecule has 0 aromatic rings. The van der Waals surface area contributed by atoms with E-state index in [1.54, 1.807) is 0 Å². The third kappa shape index (κ3) is 63.1. The van der Waals surface area contributed by atoms with E-state index < -0.39 is 12.1 Å². The quantitative estimate of drug-likeness (QED) is 0.0320. The molecule has 0 radical (unpaired) electrons. The summed E-state index contributed by atoms with van der Waals surface area (Å²) in [5.74, 6) is -0.0379. The van der Waals surface area contributed by atoms with E-state index >= 15 is 0 Å². The molecule has 2 unspecified atom stereocenters. The fraction of sp³-hybridized carbons (Fsp3) is 0.887. The second kappa shape index (κ2) is 66.6. The lowest BCUT2D eigenvalue weighted by Gasteiger charge is -2.22. The van der Waals surface area contributed by atoms with Crippen molar-refractivity contribution in [2.45, 2.75) is 392 Å². The SMILES string of the molecule is CCCCC/C=C\CCCCCCCC(=O)OCCCCCCCCCCC/C=C\C/C=C\CCCCCCCCCCCC(=O)NC(CO)C(O)CCCCCCCCCCCCCCCCCCCCCCCCC. The van der Waals surface area contributed by atoms with Gasteiger partial charge in [-0.3, -0.25) is 9.59 Å². The van der Waals surface area contributed by atoms with Gasteiger partial charge in [-0.05, 0) is 83.5 Å². The summed E-state index contributed by atoms with van der Waals surface area (Å²) in [6.07, 6.45) is 84.7. The van der Waals surface area contributed by atoms with Crippen LogP contribution in [0.25, 0.3) is 0 Å². The van der Waals surface area contributed by atoms with Crippen molar-refractivity contribution in [2.24, 2.45) is 0 Å². The van der Waals surface area contributed by atoms with Gasteiger partial charge in [0.1, 0.15) is 0 Å². The van der Waals surface area contributed by atoms with Crippen molar-refractivity contribution in [3.8, 4) is 0 Å². The number of esters is 1. The molecule has 6 nitrogen and oxygen atoms in total. The Hall–Kier alpha value is -1.92. The summed E-state index contributed by atoms with van der Waals surface area (Å²) in [4.78, 5) is 24.6. The molecule has 0 heterocycles. The summed E-state index contributed by atoms with van der Waals surface area (Å²) in [5.41, 5.74) is 0. The lowest BCUT2D eigenvalue weighted by Crippen LogP contribution is -2.45. The van der Waals surface area contributed by atoms with Gasteiger partial charge >= 0.3 is 5.97 Å². The zero-order valence-electron chi connectivity index (χ0n) is 52.0. The van der Waals surface area contributed by atoms with Crippen LogP contribution in [0.1, 0.15) is 380 Å². The number of unbranched alkanes of at least 4 members (excludes halogenated alkanes) is 48. The highest BCUT2D eigenvalue weighted by atomic mass is 16.5. The minimum atomic E-state index is -0.670. The van der Waals surface area contributed by atoms with Crippen LogP contribution in [-0.4, -0.2) is 47.4 Å². The van der Waals surface area contributed by atoms with Gasteiger partial charge in [0.2, 0.25) is 5.91 Å². The van der Waals surface area contributed by atoms with Crippen molar-refractivity contribution in [3.63, 3.8) is 0 Å². The Kier molecular flexibility index (Phi) is 64.9. The van der Waals surface area contributed by atoms with Crippen molar-refractivity contribution in [3.05, 3.63) is 36.5 Å². The predicted octanol–water partition coefficient (Wildman–Crippen LogP) is 22.3. The Balaban J connectivity index is 3.44. The standard InChI is InChI=1S/C71H135NO5/c1-3-5-7-9-11-13-15-17-18-19-20-21-25-28-31-34-37-40-43-47-51-55-59-63-69(74)68(67-73)72-70(75)64-60-56-52-48-44-41-38-35-32-29-26-23-22-24-27-30-33-36-39-42-46-50-54-58-62-66-77-71(76)65-61-57-53-49-45-16-14-12-10-8-6-4-2/h12,14,23-24,26-27,68-69,73-74H,3-11,13,15-22,25,28-67H2,1-2H3,(H,72,75)/b14-12-,26-23-,27-24-. The van der Waals surface area contributed by atoms with Gasteiger partial charge in [0.05, 0.1) is 25.4 Å². The molecule has 0 bridgehead atoms. The monoisotopic (exact) mass is 1080 g/mol. The first-order valence-electron chi connectivity index (χ1n) is 34.7. The van der Waals surface area contributed by atoms with Crippen molar-refractivity contribution < 1.29 is 24.5 Å². The molecule has 0 aromatic heterocycles. The number of carbonyl (C=O) groups is 2. The van der Waals surface area contributed by atoms with Crippen LogP contribution in [0.4, 0.5) is 0 Å². The minimum Gasteiger partial charge on any atom is -0.466 e. The van der Waals surface area contributed by atoms with Crippen molar-refractivity contribution in [2.75, 3.05) is 13.2 Å². The highest BCUT2D eigenvalue weighted by Gasteiger charge is 2.20. The first-order valence-corrected chi connectivity index (χ1v) is 34.7. The maximum atomic E-state index is 12.5. The topological polar surface area (TPSA) is 95.9 Å². The van der Waals surface area contributed by atoms with Crippen LogP contribution in [-0.2, 0) is 14.3 Å². The Morgan fingerprint density at radius 1 is 0.364 bits per heavy atom. The molecule has 6 heteroatoms. The van der Waals surface area contributed by atoms with Crippen LogP contribution in [0.5, 0.6) is 0 Å². The van der Waals surface area contributed by atoms with E-state index in [0.29, 0.717) is 25.9 Å². The number of aliphatic hydroxyl groups is 2. The van der Waals surface area contributed by atoms with Crippen LogP contribution in [0.2, 0.25) is 0 Å². The van der Waals surface area contributed by atoms with Gasteiger partial charge in [0, 0.05) is 12.8 Å². The number of hydrogen-bond donors (Lipinski definition) is 3. The maximum absolute atomic E-state index is 12.5. The summed E-state index contributed by atoms with van der Waals surface area (Å²) in [7, 11) is 0. The number of allylic oxidation sites excluding steroid dienone is 6. The summed E-state index contributed by atoms with van der Waals surface area (Å²) >= 11 is 0. The molecule has 3 N–H and O–H groups in total. The first kappa shape index (κ1) is 75.1. The molecule has 454 valence electrons. The van der Waals surface area contributed by atoms with Crippen molar-refractivity contribution in [1.82, 2.24) is 5.32 Å². The molecule has 0 rings (SSSR count). The van der Waals surface area contributed by atoms with E-state index in [4.69, 9.17) is 4.74 Å². The van der Waals surface area contributed by atoms with Gasteiger partial charge < -0.3 is 20.3 Å². The molecule has 0 aliphatic carbocycles. The number of aliphatic hydroxyl groups excluding tert-OH is 2. The smallest absolute Gasteiger partial charge is 0.305 e. The Labute approximate surface area is 481 Å². The van der Waals surface area contributed by atoms with Crippen LogP contribution >= 0.6 is 0 Å². The summed E-state index contributed by atoms with van der Waals surface area (Å²) in [6.45, 7) is 4.95. The second-order valence-corrected chi connectivity index (χ2v) is 23.9. The lowest BCUT2D eigenvalue weighted by molar-refractivity contribution is -0.143. The second-order valence-electron chi connectivity index (χ2n) is 23.9. The average Bonchev–Trinajstić information content (AvgIpc) is 3.43. The van der Waals surface area contributed by atoms with Gasteiger partial charge in [-0.1, -0.05) is 320 Å². The van der Waals surface area contributed by atoms with E-state index in [0.717, 1.165) is 51.4 Å². The molecule has 0 aliphatic heterocycles. The van der Waals surface area contributed by atoms with E-state index in [-0.39, 0.29) is 18.5 Å². The average molecular weight is 1080 g/mol. The highest BCUT2D eigenvalue weighted by Crippen LogP contribution is 2.18. The Bertz CT molecular complexity index is 1250. The minimum absolute atomic E-state index is 0.000681. The largest absolute Gasteiger partial charge is 0.466 e. The lowest BCUT2D eigenvalue weighted by atomic mass is 10.0. The molecule has 2 atom stereocenters. The molecular formula is C71H135NO5. The maximum Gasteiger partial charge on any atom is 0.305 e. The fourth-order valence-corrected chi connectivity index (χ4v) is 10.8. The highest BCUT2D eigenvalue weighted by molar-refractivity contribution is 5.76. The van der Waals surface area contributed by atoms with E-state index in [2.05, 4.69) is 55.6 Å². The molecule has 0 aromatic carbocycles. The van der Waals surface area contributed by atoms with Gasteiger partial charge in [0.15, 0.2) is 0 Å². The molecule has 1 amide bonds. The number of rotatable bonds is 65. The number of amides is 1. The van der Waals surface area contributed by atoms with Gasteiger partial charge in [-0.25, -0.2) is 0 Å². The summed E-state index contributed by atoms with van der Waals surface area (Å²) < 4.78 is 5.47. The zero-order chi connectivity index (χ0) is 55.7. The van der Waals surface area contributed by atoms with Crippen LogP contribution in [0.3, 0.4) is 0 Å². The number of nitrogens with one attached hydrogen (secondary N) is 1. The van der Waals surface area contributed by atoms with Gasteiger partial charge in [-0.2, -0.15) is 0 Å². The number of carbonyl (C=O) groups excluding carboxylic acids is 2. The summed E-state index contributed by atoms with van der Waals surface area (Å²) in [6, 6.07) is -0.548. The van der Waals surface area contributed by atoms with Crippen LogP contribution in [0, 0.1) is 0 Å². The molecule has 0 saturated heterocycles. The number of hydrogen-bond acceptors (Lipinski definition) is 5. The molecule has 0 spiro atoms. The fourth-order valence-electron chi connectivity index (χ4n) is 10.8. The third-order valence-corrected chi connectivity index (χ3v) is 16.2. The molecular weight excluding hydrogens is 947 g/mol. The van der Waals surface area contributed by atoms with E-state index in [1.807, 2.05) is 0 Å². The van der Waals surface area contributed by atoms with Crippen LogP contribution in [0.15, 0.2) is 36.5 Å². The zero-order valence-corrected chi connectivity index (χ0v) is 52.0. The third-order valence-electron chi connectivity index (χ3n) is 16.2. The van der Waals surface area contributed by atoms with Crippen molar-refractivity contribution >= 4 is 11.9 Å².